The molecule has 0 bridgehead atoms. The van der Waals surface area contributed by atoms with E-state index in [9.17, 15) is 18.0 Å². The van der Waals surface area contributed by atoms with Gasteiger partial charge in [0.05, 0.1) is 0 Å². The lowest BCUT2D eigenvalue weighted by molar-refractivity contribution is 0.135. The van der Waals surface area contributed by atoms with Crippen molar-refractivity contribution in [1.82, 2.24) is 10.2 Å². The van der Waals surface area contributed by atoms with Crippen LogP contribution in [0, 0.1) is 5.82 Å². The molecule has 0 amide bonds. The molecule has 0 unspecified atom stereocenters. The van der Waals surface area contributed by atoms with Gasteiger partial charge in [0.2, 0.25) is 5.82 Å². The Balaban J connectivity index is 2.92. The number of nitrogens with one attached hydrogen (secondary N) is 1. The number of nitrogens with zero attached hydrogens (tertiary/aromatic N) is 1. The second kappa shape index (κ2) is 3.33. The molecule has 2 N–H and O–H groups in total. The lowest BCUT2D eigenvalue weighted by atomic mass is 10.4. The van der Waals surface area contributed by atoms with Gasteiger partial charge in [0, 0.05) is 0 Å². The second-order valence-electron chi connectivity index (χ2n) is 1.93. The Morgan fingerprint density at radius 3 is 2.62 bits per heavy atom. The molecule has 0 atom stereocenters. The average Bonchev–Trinajstić information content (AvgIpc) is 2.32. The zero-order valence-corrected chi connectivity index (χ0v) is 5.92. The van der Waals surface area contributed by atoms with Crippen molar-refractivity contribution in [2.75, 3.05) is 0 Å². The Morgan fingerprint density at radius 2 is 2.23 bits per heavy atom. The molecule has 0 radical (unpaired) electrons. The summed E-state index contributed by atoms with van der Waals surface area (Å²) < 4.78 is 40.2. The van der Waals surface area contributed by atoms with Crippen LogP contribution in [0.2, 0.25) is 0 Å². The highest BCUT2D eigenvalue weighted by Crippen LogP contribution is 2.25. The number of halogens is 3. The highest BCUT2D eigenvalue weighted by Gasteiger charge is 2.22. The van der Waals surface area contributed by atoms with Crippen molar-refractivity contribution in [1.29, 1.82) is 0 Å². The average molecular weight is 196 g/mol. The summed E-state index contributed by atoms with van der Waals surface area (Å²) in [4.78, 5) is 9.87. The minimum atomic E-state index is -3.10. The van der Waals surface area contributed by atoms with E-state index in [-0.39, 0.29) is 0 Å². The summed E-state index contributed by atoms with van der Waals surface area (Å²) in [6, 6.07) is 0. The van der Waals surface area contributed by atoms with Crippen molar-refractivity contribution in [3.63, 3.8) is 0 Å². The summed E-state index contributed by atoms with van der Waals surface area (Å²) >= 11 is 0. The zero-order valence-electron chi connectivity index (χ0n) is 5.92. The normalized spacial score (nSPS) is 10.5. The minimum Gasteiger partial charge on any atom is -0.449 e. The maximum Gasteiger partial charge on any atom is 0.512 e. The molecule has 13 heavy (non-hydrogen) atoms. The molecule has 0 saturated heterocycles. The first-order valence-electron chi connectivity index (χ1n) is 2.95. The van der Waals surface area contributed by atoms with Crippen LogP contribution in [0.25, 0.3) is 0 Å². The van der Waals surface area contributed by atoms with Gasteiger partial charge in [0.25, 0.3) is 12.3 Å². The van der Waals surface area contributed by atoms with E-state index in [2.05, 4.69) is 9.84 Å². The standard InChI is InChI=1S/C5H3F3N2O3/c6-1-2(3(7)8)9-10-4(1)13-5(11)12/h3H,(H,9,10)(H,11,12). The highest BCUT2D eigenvalue weighted by atomic mass is 19.3. The van der Waals surface area contributed by atoms with Crippen LogP contribution in [-0.4, -0.2) is 21.5 Å². The van der Waals surface area contributed by atoms with Gasteiger partial charge in [-0.15, -0.1) is 5.10 Å². The van der Waals surface area contributed by atoms with Crippen molar-refractivity contribution in [2.24, 2.45) is 0 Å². The Labute approximate surface area is 69.1 Å². The number of H-pyrrole nitrogens is 1. The fourth-order valence-electron chi connectivity index (χ4n) is 0.619. The lowest BCUT2D eigenvalue weighted by Gasteiger charge is -1.93. The zero-order chi connectivity index (χ0) is 10.0. The number of alkyl halides is 2. The number of carboxylic acid groups (broad SMARTS) is 1. The molecular formula is C5H3F3N2O3. The first-order chi connectivity index (χ1) is 6.02. The van der Waals surface area contributed by atoms with Gasteiger partial charge in [-0.2, -0.15) is 4.39 Å². The number of carbonyl (C=O) groups is 1. The highest BCUT2D eigenvalue weighted by molar-refractivity contribution is 5.60. The molecule has 1 rings (SSSR count). The van der Waals surface area contributed by atoms with E-state index in [1.807, 2.05) is 0 Å². The molecular weight excluding hydrogens is 193 g/mol. The summed E-state index contributed by atoms with van der Waals surface area (Å²) in [6.07, 6.45) is -4.93. The maximum absolute atomic E-state index is 12.7. The molecule has 72 valence electrons. The summed E-state index contributed by atoms with van der Waals surface area (Å²) in [7, 11) is 0. The van der Waals surface area contributed by atoms with E-state index in [1.165, 1.54) is 0 Å². The van der Waals surface area contributed by atoms with E-state index >= 15 is 0 Å². The molecule has 1 heterocycles. The first-order valence-corrected chi connectivity index (χ1v) is 2.95. The minimum absolute atomic E-state index is 1.01. The van der Waals surface area contributed by atoms with Gasteiger partial charge in [-0.25, -0.2) is 13.6 Å². The van der Waals surface area contributed by atoms with Crippen molar-refractivity contribution in [2.45, 2.75) is 6.43 Å². The van der Waals surface area contributed by atoms with Gasteiger partial charge in [-0.05, 0) is 0 Å². The largest absolute Gasteiger partial charge is 0.512 e. The van der Waals surface area contributed by atoms with Crippen molar-refractivity contribution >= 4 is 6.16 Å². The van der Waals surface area contributed by atoms with Crippen LogP contribution in [-0.2, 0) is 0 Å². The fraction of sp³-hybridized carbons (Fsp3) is 0.200. The van der Waals surface area contributed by atoms with Gasteiger partial charge in [0.15, 0.2) is 0 Å². The molecule has 0 aliphatic rings. The Bertz CT molecular complexity index is 325. The fourth-order valence-corrected chi connectivity index (χ4v) is 0.619. The molecule has 0 aliphatic heterocycles. The SMILES string of the molecule is O=C(O)Oc1n[nH]c(C(F)F)c1F. The van der Waals surface area contributed by atoms with Crippen LogP contribution in [0.15, 0.2) is 0 Å². The third-order valence-electron chi connectivity index (χ3n) is 1.10. The molecule has 0 spiro atoms. The Morgan fingerprint density at radius 1 is 1.62 bits per heavy atom. The molecule has 0 fully saturated rings. The molecule has 8 heteroatoms. The summed E-state index contributed by atoms with van der Waals surface area (Å²) in [6.45, 7) is 0. The first kappa shape index (κ1) is 9.36. The second-order valence-corrected chi connectivity index (χ2v) is 1.93. The lowest BCUT2D eigenvalue weighted by Crippen LogP contribution is -2.04. The summed E-state index contributed by atoms with van der Waals surface area (Å²) in [5, 5.41) is 12.5. The van der Waals surface area contributed by atoms with Crippen LogP contribution in [0.4, 0.5) is 18.0 Å². The molecule has 0 aromatic carbocycles. The number of aromatic amines is 1. The smallest absolute Gasteiger partial charge is 0.449 e. The van der Waals surface area contributed by atoms with Crippen molar-refractivity contribution < 1.29 is 27.8 Å². The number of ether oxygens (including phenoxy) is 1. The predicted octanol–water partition coefficient (Wildman–Crippen LogP) is 1.54. The van der Waals surface area contributed by atoms with Gasteiger partial charge < -0.3 is 9.84 Å². The molecule has 1 aromatic rings. The van der Waals surface area contributed by atoms with E-state index in [4.69, 9.17) is 5.11 Å². The van der Waals surface area contributed by atoms with E-state index < -0.39 is 30.0 Å². The summed E-state index contributed by atoms with van der Waals surface area (Å²) in [5.74, 6) is -2.51. The number of hydrogen-bond donors (Lipinski definition) is 2. The molecule has 5 nitrogen and oxygen atoms in total. The van der Waals surface area contributed by atoms with Crippen LogP contribution in [0.3, 0.4) is 0 Å². The molecule has 0 aliphatic carbocycles. The number of rotatable bonds is 2. The van der Waals surface area contributed by atoms with Gasteiger partial charge in [-0.1, -0.05) is 0 Å². The van der Waals surface area contributed by atoms with E-state index in [0.29, 0.717) is 0 Å². The van der Waals surface area contributed by atoms with Gasteiger partial charge >= 0.3 is 6.16 Å². The Kier molecular flexibility index (Phi) is 2.40. The van der Waals surface area contributed by atoms with Crippen LogP contribution < -0.4 is 4.74 Å². The van der Waals surface area contributed by atoms with E-state index in [1.54, 1.807) is 5.10 Å². The van der Waals surface area contributed by atoms with Crippen molar-refractivity contribution in [3.8, 4) is 5.88 Å². The molecule has 1 aromatic heterocycles. The number of aromatic nitrogens is 2. The third kappa shape index (κ3) is 1.89. The third-order valence-corrected chi connectivity index (χ3v) is 1.10. The van der Waals surface area contributed by atoms with E-state index in [0.717, 1.165) is 0 Å². The quantitative estimate of drug-likeness (QED) is 0.703. The van der Waals surface area contributed by atoms with Crippen LogP contribution in [0.1, 0.15) is 12.1 Å². The van der Waals surface area contributed by atoms with Gasteiger partial charge in [0.1, 0.15) is 5.69 Å². The van der Waals surface area contributed by atoms with Crippen molar-refractivity contribution in [3.05, 3.63) is 11.5 Å². The maximum atomic E-state index is 12.7. The van der Waals surface area contributed by atoms with Crippen LogP contribution >= 0.6 is 0 Å². The monoisotopic (exact) mass is 196 g/mol. The Hall–Kier alpha value is -1.73. The van der Waals surface area contributed by atoms with Crippen LogP contribution in [0.5, 0.6) is 5.88 Å². The predicted molar refractivity (Wildman–Crippen MR) is 32.2 cm³/mol. The number of hydrogen-bond acceptors (Lipinski definition) is 3. The topological polar surface area (TPSA) is 75.2 Å². The summed E-state index contributed by atoms with van der Waals surface area (Å²) in [5.41, 5.74) is -1.10. The molecule has 0 saturated carbocycles. The van der Waals surface area contributed by atoms with Gasteiger partial charge in [-0.3, -0.25) is 5.10 Å².